The molecule has 8 nitrogen and oxygen atoms in total. The zero-order valence-electron chi connectivity index (χ0n) is 16.2. The third-order valence-electron chi connectivity index (χ3n) is 4.39. The van der Waals surface area contributed by atoms with Crippen LogP contribution in [-0.4, -0.2) is 30.2 Å². The molecule has 3 aromatic rings. The van der Waals surface area contributed by atoms with Crippen molar-refractivity contribution in [2.45, 2.75) is 19.0 Å². The van der Waals surface area contributed by atoms with Crippen LogP contribution in [0.3, 0.4) is 0 Å². The van der Waals surface area contributed by atoms with Crippen molar-refractivity contribution < 1.29 is 23.8 Å². The highest BCUT2D eigenvalue weighted by Crippen LogP contribution is 2.30. The molecule has 1 amide bonds. The quantitative estimate of drug-likeness (QED) is 0.534. The van der Waals surface area contributed by atoms with Gasteiger partial charge in [-0.2, -0.15) is 0 Å². The van der Waals surface area contributed by atoms with Gasteiger partial charge in [-0.05, 0) is 30.2 Å². The molecule has 0 radical (unpaired) electrons. The first-order chi connectivity index (χ1) is 14.0. The lowest BCUT2D eigenvalue weighted by molar-refractivity contribution is 0.0945. The fourth-order valence-corrected chi connectivity index (χ4v) is 2.89. The number of ether oxygens (including phenoxy) is 2. The van der Waals surface area contributed by atoms with Crippen molar-refractivity contribution in [2.75, 3.05) is 14.2 Å². The number of para-hydroxylation sites is 1. The lowest BCUT2D eigenvalue weighted by Gasteiger charge is -2.12. The number of hydrogen-bond donors (Lipinski definition) is 3. The highest BCUT2D eigenvalue weighted by molar-refractivity contribution is 5.91. The fraction of sp³-hybridized carbons (Fsp3) is 0.238. The molecule has 1 aromatic heterocycles. The number of hydrogen-bond acceptors (Lipinski definition) is 7. The summed E-state index contributed by atoms with van der Waals surface area (Å²) < 4.78 is 16.0. The fourth-order valence-electron chi connectivity index (χ4n) is 2.89. The second-order valence-corrected chi connectivity index (χ2v) is 6.38. The van der Waals surface area contributed by atoms with Crippen LogP contribution in [0.25, 0.3) is 0 Å². The number of amides is 1. The Bertz CT molecular complexity index is 969. The lowest BCUT2D eigenvalue weighted by atomic mass is 10.1. The van der Waals surface area contributed by atoms with Crippen LogP contribution in [0.4, 0.5) is 0 Å². The number of phenolic OH excluding ortho intramolecular Hbond substituents is 1. The van der Waals surface area contributed by atoms with E-state index in [1.165, 1.54) is 6.26 Å². The lowest BCUT2D eigenvalue weighted by Crippen LogP contribution is -2.24. The van der Waals surface area contributed by atoms with Crippen molar-refractivity contribution in [2.24, 2.45) is 5.73 Å². The normalized spacial score (nSPS) is 11.7. The number of oxazole rings is 1. The maximum absolute atomic E-state index is 12.4. The maximum Gasteiger partial charge on any atom is 0.273 e. The van der Waals surface area contributed by atoms with Crippen LogP contribution in [0.1, 0.15) is 33.5 Å². The Balaban J connectivity index is 1.63. The van der Waals surface area contributed by atoms with Gasteiger partial charge in [-0.25, -0.2) is 4.98 Å². The highest BCUT2D eigenvalue weighted by atomic mass is 16.5. The first-order valence-electron chi connectivity index (χ1n) is 8.98. The van der Waals surface area contributed by atoms with Crippen molar-refractivity contribution in [3.8, 4) is 17.2 Å². The first kappa shape index (κ1) is 20.2. The van der Waals surface area contributed by atoms with Crippen LogP contribution >= 0.6 is 0 Å². The SMILES string of the molecule is COc1cccc(CNC(=O)c2coc(C(N)Cc3ccc(O)cc3)n2)c1OC. The molecule has 3 rings (SSSR count). The zero-order valence-corrected chi connectivity index (χ0v) is 16.2. The van der Waals surface area contributed by atoms with Gasteiger partial charge in [0.25, 0.3) is 5.91 Å². The third kappa shape index (κ3) is 4.85. The predicted octanol–water partition coefficient (Wildman–Crippen LogP) is 2.57. The average molecular weight is 397 g/mol. The molecular weight excluding hydrogens is 374 g/mol. The molecule has 8 heteroatoms. The Kier molecular flexibility index (Phi) is 6.36. The zero-order chi connectivity index (χ0) is 20.8. The van der Waals surface area contributed by atoms with Crippen molar-refractivity contribution in [1.82, 2.24) is 10.3 Å². The van der Waals surface area contributed by atoms with E-state index >= 15 is 0 Å². The molecule has 152 valence electrons. The number of nitrogens with zero attached hydrogens (tertiary/aromatic N) is 1. The van der Waals surface area contributed by atoms with Gasteiger partial charge in [0.15, 0.2) is 17.2 Å². The molecule has 1 atom stereocenters. The van der Waals surface area contributed by atoms with Gasteiger partial charge < -0.3 is 30.0 Å². The largest absolute Gasteiger partial charge is 0.508 e. The van der Waals surface area contributed by atoms with Crippen molar-refractivity contribution in [1.29, 1.82) is 0 Å². The molecular formula is C21H23N3O5. The Morgan fingerprint density at radius 2 is 1.97 bits per heavy atom. The molecule has 0 spiro atoms. The molecule has 0 aliphatic rings. The van der Waals surface area contributed by atoms with E-state index in [4.69, 9.17) is 19.6 Å². The number of rotatable bonds is 8. The van der Waals surface area contributed by atoms with E-state index in [1.54, 1.807) is 44.6 Å². The van der Waals surface area contributed by atoms with Gasteiger partial charge in [0, 0.05) is 12.1 Å². The molecule has 1 unspecified atom stereocenters. The van der Waals surface area contributed by atoms with Gasteiger partial charge in [0.1, 0.15) is 12.0 Å². The van der Waals surface area contributed by atoms with Crippen LogP contribution in [-0.2, 0) is 13.0 Å². The van der Waals surface area contributed by atoms with Crippen molar-refractivity contribution in [3.05, 3.63) is 71.4 Å². The van der Waals surface area contributed by atoms with Gasteiger partial charge in [-0.3, -0.25) is 4.79 Å². The molecule has 0 fully saturated rings. The standard InChI is InChI=1S/C21H23N3O5/c1-27-18-5-3-4-14(19(18)28-2)11-23-20(26)17-12-29-21(24-17)16(22)10-13-6-8-15(25)9-7-13/h3-9,12,16,25H,10-11,22H2,1-2H3,(H,23,26). The molecule has 1 heterocycles. The Morgan fingerprint density at radius 3 is 2.66 bits per heavy atom. The summed E-state index contributed by atoms with van der Waals surface area (Å²) in [6, 6.07) is 11.6. The van der Waals surface area contributed by atoms with E-state index in [1.807, 2.05) is 12.1 Å². The summed E-state index contributed by atoms with van der Waals surface area (Å²) >= 11 is 0. The summed E-state index contributed by atoms with van der Waals surface area (Å²) in [5, 5.41) is 12.1. The van der Waals surface area contributed by atoms with Crippen LogP contribution in [0.5, 0.6) is 17.2 Å². The Labute approximate surface area is 168 Å². The van der Waals surface area contributed by atoms with Gasteiger partial charge in [-0.1, -0.05) is 24.3 Å². The minimum Gasteiger partial charge on any atom is -0.508 e. The van der Waals surface area contributed by atoms with Crippen molar-refractivity contribution >= 4 is 5.91 Å². The van der Waals surface area contributed by atoms with Crippen LogP contribution in [0.15, 0.2) is 53.1 Å². The molecule has 0 aliphatic heterocycles. The molecule has 4 N–H and O–H groups in total. The van der Waals surface area contributed by atoms with Crippen LogP contribution in [0, 0.1) is 0 Å². The summed E-state index contributed by atoms with van der Waals surface area (Å²) in [5.74, 6) is 1.21. The molecule has 2 aromatic carbocycles. The van der Waals surface area contributed by atoms with Crippen LogP contribution < -0.4 is 20.5 Å². The average Bonchev–Trinajstić information content (AvgIpc) is 3.23. The number of methoxy groups -OCH3 is 2. The minimum atomic E-state index is -0.514. The number of carbonyl (C=O) groups excluding carboxylic acids is 1. The van der Waals surface area contributed by atoms with E-state index in [0.717, 1.165) is 11.1 Å². The monoisotopic (exact) mass is 397 g/mol. The van der Waals surface area contributed by atoms with Gasteiger partial charge in [0.2, 0.25) is 5.89 Å². The summed E-state index contributed by atoms with van der Waals surface area (Å²) in [5.41, 5.74) is 7.97. The number of phenols is 1. The Hall–Kier alpha value is -3.52. The predicted molar refractivity (Wildman–Crippen MR) is 106 cm³/mol. The van der Waals surface area contributed by atoms with E-state index in [2.05, 4.69) is 10.3 Å². The first-order valence-corrected chi connectivity index (χ1v) is 8.98. The maximum atomic E-state index is 12.4. The molecule has 0 saturated carbocycles. The topological polar surface area (TPSA) is 120 Å². The summed E-state index contributed by atoms with van der Waals surface area (Å²) in [6.45, 7) is 0.237. The molecule has 29 heavy (non-hydrogen) atoms. The van der Waals surface area contributed by atoms with E-state index in [0.29, 0.717) is 17.9 Å². The smallest absolute Gasteiger partial charge is 0.273 e. The Morgan fingerprint density at radius 1 is 1.21 bits per heavy atom. The second-order valence-electron chi connectivity index (χ2n) is 6.38. The number of benzene rings is 2. The molecule has 0 aliphatic carbocycles. The summed E-state index contributed by atoms with van der Waals surface area (Å²) in [4.78, 5) is 16.6. The highest BCUT2D eigenvalue weighted by Gasteiger charge is 2.18. The van der Waals surface area contributed by atoms with Gasteiger partial charge >= 0.3 is 0 Å². The number of carbonyl (C=O) groups is 1. The van der Waals surface area contributed by atoms with E-state index in [9.17, 15) is 9.90 Å². The summed E-state index contributed by atoms with van der Waals surface area (Å²) in [7, 11) is 3.10. The number of nitrogens with one attached hydrogen (secondary N) is 1. The minimum absolute atomic E-state index is 0.142. The van der Waals surface area contributed by atoms with Crippen LogP contribution in [0.2, 0.25) is 0 Å². The summed E-state index contributed by atoms with van der Waals surface area (Å²) in [6.07, 6.45) is 1.74. The number of nitrogens with two attached hydrogens (primary N) is 1. The molecule has 0 saturated heterocycles. The van der Waals surface area contributed by atoms with E-state index in [-0.39, 0.29) is 29.8 Å². The van der Waals surface area contributed by atoms with Crippen molar-refractivity contribution in [3.63, 3.8) is 0 Å². The molecule has 0 bridgehead atoms. The van der Waals surface area contributed by atoms with Gasteiger partial charge in [-0.15, -0.1) is 0 Å². The number of aromatic nitrogens is 1. The second kappa shape index (κ2) is 9.11. The van der Waals surface area contributed by atoms with E-state index < -0.39 is 6.04 Å². The van der Waals surface area contributed by atoms with Gasteiger partial charge in [0.05, 0.1) is 20.3 Å². The number of aromatic hydroxyl groups is 1. The third-order valence-corrected chi connectivity index (χ3v) is 4.39.